The standard InChI is InChI=1S/C8H10O4/c9-7(10)3-1-2-6-4-5-8(11)12-6/h4-6H,1-3H2,(H,9,10)/t6-/m0/s1. The van der Waals surface area contributed by atoms with Crippen molar-refractivity contribution < 1.29 is 19.4 Å². The molecule has 0 radical (unpaired) electrons. The number of cyclic esters (lactones) is 1. The highest BCUT2D eigenvalue weighted by molar-refractivity contribution is 5.84. The number of carbonyl (C=O) groups excluding carboxylic acids is 1. The van der Waals surface area contributed by atoms with Gasteiger partial charge < -0.3 is 9.84 Å². The Balaban J connectivity index is 2.13. The minimum Gasteiger partial charge on any atom is -0.481 e. The zero-order valence-corrected chi connectivity index (χ0v) is 6.53. The molecule has 1 heterocycles. The predicted molar refractivity (Wildman–Crippen MR) is 40.5 cm³/mol. The van der Waals surface area contributed by atoms with E-state index in [-0.39, 0.29) is 18.5 Å². The predicted octanol–water partition coefficient (Wildman–Crippen LogP) is 0.723. The second-order valence-corrected chi connectivity index (χ2v) is 2.62. The maximum absolute atomic E-state index is 10.5. The number of rotatable bonds is 4. The van der Waals surface area contributed by atoms with E-state index in [4.69, 9.17) is 9.84 Å². The molecule has 12 heavy (non-hydrogen) atoms. The van der Waals surface area contributed by atoms with Crippen molar-refractivity contribution in [1.29, 1.82) is 0 Å². The number of aliphatic carboxylic acids is 1. The fourth-order valence-corrected chi connectivity index (χ4v) is 1.02. The molecule has 0 aromatic rings. The number of carbonyl (C=O) groups is 2. The summed E-state index contributed by atoms with van der Waals surface area (Å²) < 4.78 is 4.80. The number of esters is 1. The summed E-state index contributed by atoms with van der Waals surface area (Å²) in [5.41, 5.74) is 0. The molecular weight excluding hydrogens is 160 g/mol. The summed E-state index contributed by atoms with van der Waals surface area (Å²) in [7, 11) is 0. The lowest BCUT2D eigenvalue weighted by molar-refractivity contribution is -0.138. The van der Waals surface area contributed by atoms with Crippen LogP contribution in [0.4, 0.5) is 0 Å². The van der Waals surface area contributed by atoms with Crippen LogP contribution in [0.2, 0.25) is 0 Å². The highest BCUT2D eigenvalue weighted by atomic mass is 16.5. The fraction of sp³-hybridized carbons (Fsp3) is 0.500. The van der Waals surface area contributed by atoms with Gasteiger partial charge in [-0.1, -0.05) is 0 Å². The Morgan fingerprint density at radius 3 is 2.92 bits per heavy atom. The van der Waals surface area contributed by atoms with Crippen molar-refractivity contribution in [2.45, 2.75) is 25.4 Å². The third-order valence-corrected chi connectivity index (χ3v) is 1.59. The highest BCUT2D eigenvalue weighted by Crippen LogP contribution is 2.11. The van der Waals surface area contributed by atoms with Gasteiger partial charge in [-0.05, 0) is 18.9 Å². The molecule has 0 saturated carbocycles. The first-order valence-electron chi connectivity index (χ1n) is 3.79. The zero-order chi connectivity index (χ0) is 8.97. The van der Waals surface area contributed by atoms with Crippen molar-refractivity contribution in [3.05, 3.63) is 12.2 Å². The number of carboxylic acid groups (broad SMARTS) is 1. The molecule has 0 fully saturated rings. The van der Waals surface area contributed by atoms with Crippen molar-refractivity contribution in [3.8, 4) is 0 Å². The van der Waals surface area contributed by atoms with Crippen LogP contribution in [0.15, 0.2) is 12.2 Å². The van der Waals surface area contributed by atoms with Gasteiger partial charge in [0.25, 0.3) is 0 Å². The SMILES string of the molecule is O=C(O)CCC[C@H]1C=CC(=O)O1. The van der Waals surface area contributed by atoms with Crippen molar-refractivity contribution in [2.75, 3.05) is 0 Å². The van der Waals surface area contributed by atoms with E-state index in [1.54, 1.807) is 6.08 Å². The molecule has 0 amide bonds. The lowest BCUT2D eigenvalue weighted by atomic mass is 10.1. The number of hydrogen-bond donors (Lipinski definition) is 1. The molecular formula is C8H10O4. The van der Waals surface area contributed by atoms with Gasteiger partial charge in [0, 0.05) is 12.5 Å². The molecule has 4 heteroatoms. The van der Waals surface area contributed by atoms with Crippen LogP contribution in [0.25, 0.3) is 0 Å². The maximum atomic E-state index is 10.5. The van der Waals surface area contributed by atoms with Gasteiger partial charge in [-0.15, -0.1) is 0 Å². The third kappa shape index (κ3) is 2.74. The van der Waals surface area contributed by atoms with Crippen LogP contribution >= 0.6 is 0 Å². The van der Waals surface area contributed by atoms with Crippen LogP contribution in [0.3, 0.4) is 0 Å². The second kappa shape index (κ2) is 3.90. The summed E-state index contributed by atoms with van der Waals surface area (Å²) in [6, 6.07) is 0. The lowest BCUT2D eigenvalue weighted by Gasteiger charge is -2.05. The minimum atomic E-state index is -0.816. The van der Waals surface area contributed by atoms with E-state index in [0.29, 0.717) is 12.8 Å². The summed E-state index contributed by atoms with van der Waals surface area (Å²) in [6.07, 6.45) is 4.07. The first-order chi connectivity index (χ1) is 5.68. The van der Waals surface area contributed by atoms with Gasteiger partial charge in [0.2, 0.25) is 0 Å². The molecule has 1 aliphatic heterocycles. The Kier molecular flexibility index (Phi) is 2.85. The minimum absolute atomic E-state index is 0.127. The number of ether oxygens (including phenoxy) is 1. The summed E-state index contributed by atoms with van der Waals surface area (Å²) in [6.45, 7) is 0. The van der Waals surface area contributed by atoms with Crippen molar-refractivity contribution in [2.24, 2.45) is 0 Å². The Morgan fingerprint density at radius 1 is 1.67 bits per heavy atom. The molecule has 66 valence electrons. The molecule has 0 unspecified atom stereocenters. The van der Waals surface area contributed by atoms with E-state index in [0.717, 1.165) is 0 Å². The Labute approximate surface area is 69.8 Å². The van der Waals surface area contributed by atoms with E-state index in [1.807, 2.05) is 0 Å². The maximum Gasteiger partial charge on any atom is 0.331 e. The lowest BCUT2D eigenvalue weighted by Crippen LogP contribution is -2.08. The molecule has 1 atom stereocenters. The molecule has 0 aromatic heterocycles. The van der Waals surface area contributed by atoms with E-state index >= 15 is 0 Å². The Morgan fingerprint density at radius 2 is 2.42 bits per heavy atom. The molecule has 4 nitrogen and oxygen atoms in total. The Bertz CT molecular complexity index is 219. The van der Waals surface area contributed by atoms with E-state index < -0.39 is 5.97 Å². The normalized spacial score (nSPS) is 21.0. The number of hydrogen-bond acceptors (Lipinski definition) is 3. The van der Waals surface area contributed by atoms with Crippen LogP contribution in [-0.4, -0.2) is 23.1 Å². The topological polar surface area (TPSA) is 63.6 Å². The molecule has 0 aromatic carbocycles. The molecule has 0 spiro atoms. The van der Waals surface area contributed by atoms with E-state index in [9.17, 15) is 9.59 Å². The summed E-state index contributed by atoms with van der Waals surface area (Å²) >= 11 is 0. The molecule has 0 saturated heterocycles. The van der Waals surface area contributed by atoms with Crippen LogP contribution in [-0.2, 0) is 14.3 Å². The monoisotopic (exact) mass is 170 g/mol. The van der Waals surface area contributed by atoms with E-state index in [2.05, 4.69) is 0 Å². The van der Waals surface area contributed by atoms with Crippen LogP contribution in [0, 0.1) is 0 Å². The van der Waals surface area contributed by atoms with Crippen LogP contribution < -0.4 is 0 Å². The van der Waals surface area contributed by atoms with Crippen LogP contribution in [0.5, 0.6) is 0 Å². The first-order valence-corrected chi connectivity index (χ1v) is 3.79. The fourth-order valence-electron chi connectivity index (χ4n) is 1.02. The van der Waals surface area contributed by atoms with Gasteiger partial charge in [0.1, 0.15) is 6.10 Å². The molecule has 1 N–H and O–H groups in total. The van der Waals surface area contributed by atoms with Gasteiger partial charge in [-0.25, -0.2) is 4.79 Å². The number of carboxylic acids is 1. The van der Waals surface area contributed by atoms with E-state index in [1.165, 1.54) is 6.08 Å². The largest absolute Gasteiger partial charge is 0.481 e. The van der Waals surface area contributed by atoms with Crippen molar-refractivity contribution in [1.82, 2.24) is 0 Å². The van der Waals surface area contributed by atoms with Crippen molar-refractivity contribution >= 4 is 11.9 Å². The van der Waals surface area contributed by atoms with Gasteiger partial charge in [0.15, 0.2) is 0 Å². The quantitative estimate of drug-likeness (QED) is 0.631. The van der Waals surface area contributed by atoms with Crippen molar-refractivity contribution in [3.63, 3.8) is 0 Å². The smallest absolute Gasteiger partial charge is 0.331 e. The third-order valence-electron chi connectivity index (χ3n) is 1.59. The zero-order valence-electron chi connectivity index (χ0n) is 6.53. The first kappa shape index (κ1) is 8.77. The summed E-state index contributed by atoms with van der Waals surface area (Å²) in [4.78, 5) is 20.6. The molecule has 0 aliphatic carbocycles. The van der Waals surface area contributed by atoms with Gasteiger partial charge in [-0.3, -0.25) is 4.79 Å². The second-order valence-electron chi connectivity index (χ2n) is 2.62. The summed E-state index contributed by atoms with van der Waals surface area (Å²) in [5, 5.41) is 8.31. The molecule has 1 aliphatic rings. The average molecular weight is 170 g/mol. The molecule has 0 bridgehead atoms. The highest BCUT2D eigenvalue weighted by Gasteiger charge is 2.15. The van der Waals surface area contributed by atoms with Gasteiger partial charge >= 0.3 is 11.9 Å². The van der Waals surface area contributed by atoms with Gasteiger partial charge in [-0.2, -0.15) is 0 Å². The Hall–Kier alpha value is -1.32. The van der Waals surface area contributed by atoms with Crippen LogP contribution in [0.1, 0.15) is 19.3 Å². The molecule has 1 rings (SSSR count). The average Bonchev–Trinajstić information content (AvgIpc) is 2.35. The summed E-state index contributed by atoms with van der Waals surface area (Å²) in [5.74, 6) is -1.15. The van der Waals surface area contributed by atoms with Gasteiger partial charge in [0.05, 0.1) is 0 Å².